The van der Waals surface area contributed by atoms with Crippen molar-refractivity contribution in [3.63, 3.8) is 0 Å². The van der Waals surface area contributed by atoms with Crippen molar-refractivity contribution < 1.29 is 28.5 Å². The molecule has 0 saturated heterocycles. The SMILES string of the molecule is CCc1ccc2c(OCC(C)OC(=O)c3cccc4ccccc34)c3ccccc3c(OCC(C)OC(=O)c3cccc4ccccc34)c2c1. The van der Waals surface area contributed by atoms with Crippen LogP contribution in [-0.2, 0) is 15.9 Å². The minimum Gasteiger partial charge on any atom is -0.488 e. The highest BCUT2D eigenvalue weighted by Gasteiger charge is 2.21. The van der Waals surface area contributed by atoms with Gasteiger partial charge in [-0.05, 0) is 65.6 Å². The molecule has 0 N–H and O–H groups in total. The van der Waals surface area contributed by atoms with Gasteiger partial charge in [0.05, 0.1) is 11.1 Å². The van der Waals surface area contributed by atoms with E-state index < -0.39 is 12.2 Å². The smallest absolute Gasteiger partial charge is 0.339 e. The normalized spacial score (nSPS) is 12.5. The van der Waals surface area contributed by atoms with Crippen molar-refractivity contribution >= 4 is 55.0 Å². The van der Waals surface area contributed by atoms with Gasteiger partial charge < -0.3 is 18.9 Å². The van der Waals surface area contributed by atoms with Crippen LogP contribution in [0.15, 0.2) is 127 Å². The molecule has 50 heavy (non-hydrogen) atoms. The summed E-state index contributed by atoms with van der Waals surface area (Å²) in [4.78, 5) is 26.5. The number of benzene rings is 7. The first-order chi connectivity index (χ1) is 24.4. The molecule has 0 aliphatic heterocycles. The van der Waals surface area contributed by atoms with Crippen LogP contribution in [0.25, 0.3) is 43.1 Å². The first-order valence-corrected chi connectivity index (χ1v) is 17.0. The molecule has 0 saturated carbocycles. The fraction of sp³-hybridized carbons (Fsp3) is 0.182. The van der Waals surface area contributed by atoms with Gasteiger partial charge in [-0.2, -0.15) is 0 Å². The Morgan fingerprint density at radius 3 is 1.42 bits per heavy atom. The molecule has 2 atom stereocenters. The summed E-state index contributed by atoms with van der Waals surface area (Å²) in [7, 11) is 0. The number of hydrogen-bond donors (Lipinski definition) is 0. The van der Waals surface area contributed by atoms with Crippen LogP contribution < -0.4 is 9.47 Å². The maximum Gasteiger partial charge on any atom is 0.339 e. The number of aryl methyl sites for hydroxylation is 1. The molecule has 0 aromatic heterocycles. The highest BCUT2D eigenvalue weighted by molar-refractivity contribution is 6.11. The third kappa shape index (κ3) is 6.57. The van der Waals surface area contributed by atoms with E-state index in [-0.39, 0.29) is 25.2 Å². The highest BCUT2D eigenvalue weighted by Crippen LogP contribution is 2.43. The maximum absolute atomic E-state index is 13.2. The lowest BCUT2D eigenvalue weighted by Crippen LogP contribution is -2.23. The Balaban J connectivity index is 1.13. The number of esters is 2. The lowest BCUT2D eigenvalue weighted by molar-refractivity contribution is 0.0224. The number of fused-ring (bicyclic) bond motifs is 4. The number of carbonyl (C=O) groups excluding carboxylic acids is 2. The van der Waals surface area contributed by atoms with Crippen LogP contribution in [0.2, 0.25) is 0 Å². The molecule has 0 amide bonds. The third-order valence-electron chi connectivity index (χ3n) is 8.96. The zero-order chi connectivity index (χ0) is 34.6. The second-order valence-electron chi connectivity index (χ2n) is 12.5. The summed E-state index contributed by atoms with van der Waals surface area (Å²) >= 11 is 0. The zero-order valence-electron chi connectivity index (χ0n) is 28.3. The van der Waals surface area contributed by atoms with Gasteiger partial charge in [0.25, 0.3) is 0 Å². The average Bonchev–Trinajstić information content (AvgIpc) is 3.15. The van der Waals surface area contributed by atoms with Crippen molar-refractivity contribution in [2.24, 2.45) is 0 Å². The molecule has 0 radical (unpaired) electrons. The van der Waals surface area contributed by atoms with Crippen molar-refractivity contribution in [3.8, 4) is 11.5 Å². The topological polar surface area (TPSA) is 71.1 Å². The predicted molar refractivity (Wildman–Crippen MR) is 199 cm³/mol. The standard InChI is InChI=1S/C44H38O6/c1-4-30-23-24-37-40(25-30)42(48-27-29(3)50-44(46)39-22-12-16-32-14-6-8-18-34(32)39)36-20-10-9-19-35(36)41(37)47-26-28(2)49-43(45)38-21-11-15-31-13-5-7-17-33(31)38/h5-25,28-29H,4,26-27H2,1-3H3. The predicted octanol–water partition coefficient (Wildman–Crippen LogP) is 10.1. The zero-order valence-corrected chi connectivity index (χ0v) is 28.3. The van der Waals surface area contributed by atoms with Gasteiger partial charge in [-0.1, -0.05) is 116 Å². The maximum atomic E-state index is 13.2. The lowest BCUT2D eigenvalue weighted by atomic mass is 9.98. The Morgan fingerprint density at radius 2 is 0.920 bits per heavy atom. The van der Waals surface area contributed by atoms with Crippen molar-refractivity contribution in [2.45, 2.75) is 39.4 Å². The molecule has 0 aliphatic carbocycles. The second kappa shape index (κ2) is 14.3. The van der Waals surface area contributed by atoms with Gasteiger partial charge in [-0.3, -0.25) is 0 Å². The van der Waals surface area contributed by atoms with Gasteiger partial charge in [0.15, 0.2) is 0 Å². The van der Waals surface area contributed by atoms with E-state index >= 15 is 0 Å². The molecule has 0 fully saturated rings. The van der Waals surface area contributed by atoms with E-state index in [4.69, 9.17) is 18.9 Å². The first-order valence-electron chi connectivity index (χ1n) is 17.0. The number of carbonyl (C=O) groups is 2. The largest absolute Gasteiger partial charge is 0.488 e. The van der Waals surface area contributed by atoms with Gasteiger partial charge in [-0.15, -0.1) is 0 Å². The Labute approximate surface area is 291 Å². The van der Waals surface area contributed by atoms with E-state index in [1.165, 1.54) is 0 Å². The van der Waals surface area contributed by atoms with Crippen LogP contribution >= 0.6 is 0 Å². The van der Waals surface area contributed by atoms with E-state index in [2.05, 4.69) is 25.1 Å². The summed E-state index contributed by atoms with van der Waals surface area (Å²) in [5, 5.41) is 7.18. The van der Waals surface area contributed by atoms with Crippen molar-refractivity contribution in [1.82, 2.24) is 0 Å². The Hall–Kier alpha value is -5.88. The average molecular weight is 663 g/mol. The fourth-order valence-electron chi connectivity index (χ4n) is 6.45. The Bertz CT molecular complexity index is 2350. The number of rotatable bonds is 11. The molecule has 0 aliphatic rings. The third-order valence-corrected chi connectivity index (χ3v) is 8.96. The molecule has 7 aromatic carbocycles. The van der Waals surface area contributed by atoms with Crippen LogP contribution in [0.4, 0.5) is 0 Å². The van der Waals surface area contributed by atoms with Crippen LogP contribution in [0.1, 0.15) is 47.1 Å². The lowest BCUT2D eigenvalue weighted by Gasteiger charge is -2.21. The Kier molecular flexibility index (Phi) is 9.35. The van der Waals surface area contributed by atoms with Crippen LogP contribution in [0.3, 0.4) is 0 Å². The fourth-order valence-corrected chi connectivity index (χ4v) is 6.45. The molecule has 6 nitrogen and oxygen atoms in total. The number of ether oxygens (including phenoxy) is 4. The quantitative estimate of drug-likeness (QED) is 0.101. The van der Waals surface area contributed by atoms with Gasteiger partial charge in [0.2, 0.25) is 0 Å². The van der Waals surface area contributed by atoms with E-state index in [0.29, 0.717) is 22.6 Å². The van der Waals surface area contributed by atoms with Gasteiger partial charge in [-0.25, -0.2) is 9.59 Å². The molecular formula is C44H38O6. The summed E-state index contributed by atoms with van der Waals surface area (Å²) in [5.41, 5.74) is 2.20. The molecule has 0 bridgehead atoms. The monoisotopic (exact) mass is 662 g/mol. The number of hydrogen-bond acceptors (Lipinski definition) is 6. The molecule has 0 heterocycles. The summed E-state index contributed by atoms with van der Waals surface area (Å²) in [5.74, 6) is 0.606. The molecule has 2 unspecified atom stereocenters. The molecule has 6 heteroatoms. The van der Waals surface area contributed by atoms with E-state index in [0.717, 1.165) is 55.1 Å². The van der Waals surface area contributed by atoms with E-state index in [1.54, 1.807) is 12.1 Å². The van der Waals surface area contributed by atoms with Crippen molar-refractivity contribution in [3.05, 3.63) is 144 Å². The van der Waals surface area contributed by atoms with Crippen LogP contribution in [0, 0.1) is 0 Å². The van der Waals surface area contributed by atoms with Crippen LogP contribution in [-0.4, -0.2) is 37.4 Å². The molecule has 250 valence electrons. The minimum atomic E-state index is -0.516. The molecule has 0 spiro atoms. The molecule has 7 rings (SSSR count). The summed E-state index contributed by atoms with van der Waals surface area (Å²) in [6.07, 6.45) is -0.185. The summed E-state index contributed by atoms with van der Waals surface area (Å²) < 4.78 is 24.8. The van der Waals surface area contributed by atoms with Crippen molar-refractivity contribution in [1.29, 1.82) is 0 Å². The van der Waals surface area contributed by atoms with Gasteiger partial charge >= 0.3 is 11.9 Å². The minimum absolute atomic E-state index is 0.159. The van der Waals surface area contributed by atoms with Gasteiger partial charge in [0, 0.05) is 21.5 Å². The highest BCUT2D eigenvalue weighted by atomic mass is 16.6. The van der Waals surface area contributed by atoms with Crippen molar-refractivity contribution in [2.75, 3.05) is 13.2 Å². The Morgan fingerprint density at radius 1 is 0.500 bits per heavy atom. The van der Waals surface area contributed by atoms with Crippen LogP contribution in [0.5, 0.6) is 11.5 Å². The summed E-state index contributed by atoms with van der Waals surface area (Å²) in [6.45, 7) is 6.10. The van der Waals surface area contributed by atoms with E-state index in [1.807, 2.05) is 111 Å². The van der Waals surface area contributed by atoms with Gasteiger partial charge in [0.1, 0.15) is 36.9 Å². The first kappa shape index (κ1) is 32.7. The summed E-state index contributed by atoms with van der Waals surface area (Å²) in [6, 6.07) is 41.0. The molecule has 7 aromatic rings. The molecular weight excluding hydrogens is 624 g/mol. The van der Waals surface area contributed by atoms with E-state index in [9.17, 15) is 9.59 Å². The second-order valence-corrected chi connectivity index (χ2v) is 12.5.